The van der Waals surface area contributed by atoms with Crippen LogP contribution in [0.2, 0.25) is 0 Å². The highest BCUT2D eigenvalue weighted by atomic mass is 16.5. The van der Waals surface area contributed by atoms with Gasteiger partial charge in [-0.2, -0.15) is 5.10 Å². The van der Waals surface area contributed by atoms with E-state index in [-0.39, 0.29) is 18.0 Å². The first-order valence-electron chi connectivity index (χ1n) is 9.58. The summed E-state index contributed by atoms with van der Waals surface area (Å²) in [5, 5.41) is 7.06. The van der Waals surface area contributed by atoms with Gasteiger partial charge in [0.15, 0.2) is 0 Å². The lowest BCUT2D eigenvalue weighted by Gasteiger charge is -2.11. The van der Waals surface area contributed by atoms with Crippen LogP contribution in [-0.4, -0.2) is 22.8 Å². The number of carbonyl (C=O) groups is 1. The quantitative estimate of drug-likeness (QED) is 0.670. The Bertz CT molecular complexity index is 1060. The summed E-state index contributed by atoms with van der Waals surface area (Å²) in [4.78, 5) is 25.3. The third-order valence-corrected chi connectivity index (χ3v) is 4.68. The van der Waals surface area contributed by atoms with E-state index in [9.17, 15) is 9.59 Å². The van der Waals surface area contributed by atoms with E-state index in [1.807, 2.05) is 55.5 Å². The van der Waals surface area contributed by atoms with Crippen LogP contribution < -0.4 is 15.6 Å². The van der Waals surface area contributed by atoms with Gasteiger partial charge in [0.2, 0.25) is 5.91 Å². The molecule has 0 aliphatic rings. The number of para-hydroxylation sites is 1. The number of aryl methyl sites for hydroxylation is 2. The van der Waals surface area contributed by atoms with Crippen molar-refractivity contribution in [2.45, 2.75) is 33.2 Å². The first-order valence-corrected chi connectivity index (χ1v) is 9.58. The number of amides is 1. The Labute approximate surface area is 170 Å². The standard InChI is InChI=1S/C23H25N3O3/c1-4-17-9-11-20(12-10-17)24-22(27)15-26-23(28)19(13-16(2)25-26)14-18-7-5-6-8-21(18)29-3/h5-13H,4,14-15H2,1-3H3,(H,24,27). The molecular formula is C23H25N3O3. The maximum absolute atomic E-state index is 12.9. The number of methoxy groups -OCH3 is 1. The minimum absolute atomic E-state index is 0.144. The fourth-order valence-electron chi connectivity index (χ4n) is 3.19. The summed E-state index contributed by atoms with van der Waals surface area (Å²) in [5.74, 6) is 0.430. The molecule has 3 aromatic rings. The largest absolute Gasteiger partial charge is 0.496 e. The smallest absolute Gasteiger partial charge is 0.270 e. The van der Waals surface area contributed by atoms with Crippen LogP contribution in [0.3, 0.4) is 0 Å². The number of nitrogens with zero attached hydrogens (tertiary/aromatic N) is 2. The van der Waals surface area contributed by atoms with Gasteiger partial charge < -0.3 is 10.1 Å². The summed E-state index contributed by atoms with van der Waals surface area (Å²) < 4.78 is 6.59. The monoisotopic (exact) mass is 391 g/mol. The average Bonchev–Trinajstić information content (AvgIpc) is 2.72. The topological polar surface area (TPSA) is 73.2 Å². The van der Waals surface area contributed by atoms with Crippen molar-refractivity contribution < 1.29 is 9.53 Å². The van der Waals surface area contributed by atoms with Crippen molar-refractivity contribution in [3.8, 4) is 5.75 Å². The number of carbonyl (C=O) groups excluding carboxylic acids is 1. The maximum Gasteiger partial charge on any atom is 0.270 e. The number of hydrogen-bond acceptors (Lipinski definition) is 4. The van der Waals surface area contributed by atoms with Gasteiger partial charge in [0.05, 0.1) is 12.8 Å². The molecule has 0 spiro atoms. The van der Waals surface area contributed by atoms with Crippen LogP contribution in [-0.2, 0) is 24.2 Å². The molecule has 3 rings (SSSR count). The van der Waals surface area contributed by atoms with Crippen LogP contribution in [0.25, 0.3) is 0 Å². The zero-order valence-corrected chi connectivity index (χ0v) is 16.9. The molecule has 1 heterocycles. The molecule has 0 radical (unpaired) electrons. The molecule has 1 amide bonds. The maximum atomic E-state index is 12.9. The molecular weight excluding hydrogens is 366 g/mol. The zero-order chi connectivity index (χ0) is 20.8. The van der Waals surface area contributed by atoms with Gasteiger partial charge in [-0.15, -0.1) is 0 Å². The highest BCUT2D eigenvalue weighted by molar-refractivity contribution is 5.90. The van der Waals surface area contributed by atoms with Gasteiger partial charge in [-0.1, -0.05) is 37.3 Å². The van der Waals surface area contributed by atoms with Crippen molar-refractivity contribution in [1.82, 2.24) is 9.78 Å². The van der Waals surface area contributed by atoms with Crippen LogP contribution in [0.5, 0.6) is 5.75 Å². The number of aromatic nitrogens is 2. The highest BCUT2D eigenvalue weighted by Crippen LogP contribution is 2.20. The Morgan fingerprint density at radius 2 is 1.83 bits per heavy atom. The second kappa shape index (κ2) is 9.19. The molecule has 29 heavy (non-hydrogen) atoms. The Balaban J connectivity index is 1.79. The van der Waals surface area contributed by atoms with E-state index >= 15 is 0 Å². The van der Waals surface area contributed by atoms with E-state index in [4.69, 9.17) is 4.74 Å². The minimum Gasteiger partial charge on any atom is -0.496 e. The summed E-state index contributed by atoms with van der Waals surface area (Å²) in [5.41, 5.74) is 3.77. The van der Waals surface area contributed by atoms with Crippen LogP contribution in [0, 0.1) is 6.92 Å². The molecule has 0 bridgehead atoms. The van der Waals surface area contributed by atoms with E-state index in [1.165, 1.54) is 10.2 Å². The van der Waals surface area contributed by atoms with E-state index < -0.39 is 0 Å². The second-order valence-electron chi connectivity index (χ2n) is 6.86. The minimum atomic E-state index is -0.294. The van der Waals surface area contributed by atoms with Crippen LogP contribution >= 0.6 is 0 Å². The van der Waals surface area contributed by atoms with E-state index in [0.29, 0.717) is 23.4 Å². The summed E-state index contributed by atoms with van der Waals surface area (Å²) in [6.07, 6.45) is 1.35. The van der Waals surface area contributed by atoms with Crippen LogP contribution in [0.15, 0.2) is 59.4 Å². The number of anilines is 1. The van der Waals surface area contributed by atoms with Crippen molar-refractivity contribution in [3.63, 3.8) is 0 Å². The Morgan fingerprint density at radius 3 is 2.52 bits per heavy atom. The molecule has 6 heteroatoms. The second-order valence-corrected chi connectivity index (χ2v) is 6.86. The fourth-order valence-corrected chi connectivity index (χ4v) is 3.19. The Morgan fingerprint density at radius 1 is 1.10 bits per heavy atom. The van der Waals surface area contributed by atoms with Crippen molar-refractivity contribution in [2.75, 3.05) is 12.4 Å². The molecule has 1 aromatic heterocycles. The third kappa shape index (κ3) is 5.10. The number of benzene rings is 2. The number of hydrogen-bond donors (Lipinski definition) is 1. The lowest BCUT2D eigenvalue weighted by atomic mass is 10.1. The van der Waals surface area contributed by atoms with Gasteiger partial charge in [-0.3, -0.25) is 9.59 Å². The number of ether oxygens (including phenoxy) is 1. The molecule has 150 valence electrons. The fraction of sp³-hybridized carbons (Fsp3) is 0.261. The zero-order valence-electron chi connectivity index (χ0n) is 16.9. The van der Waals surface area contributed by atoms with Gasteiger partial charge in [-0.25, -0.2) is 4.68 Å². The molecule has 1 N–H and O–H groups in total. The molecule has 6 nitrogen and oxygen atoms in total. The van der Waals surface area contributed by atoms with E-state index in [0.717, 1.165) is 17.7 Å². The molecule has 0 saturated carbocycles. The summed E-state index contributed by atoms with van der Waals surface area (Å²) in [6.45, 7) is 3.74. The van der Waals surface area contributed by atoms with Crippen LogP contribution in [0.4, 0.5) is 5.69 Å². The molecule has 0 aliphatic heterocycles. The normalized spacial score (nSPS) is 10.6. The number of nitrogens with one attached hydrogen (secondary N) is 1. The van der Waals surface area contributed by atoms with Gasteiger partial charge in [0, 0.05) is 17.7 Å². The van der Waals surface area contributed by atoms with E-state index in [2.05, 4.69) is 17.3 Å². The molecule has 0 saturated heterocycles. The molecule has 0 atom stereocenters. The predicted octanol–water partition coefficient (Wildman–Crippen LogP) is 3.35. The summed E-state index contributed by atoms with van der Waals surface area (Å²) in [6, 6.07) is 17.0. The van der Waals surface area contributed by atoms with Crippen molar-refractivity contribution >= 4 is 11.6 Å². The molecule has 2 aromatic carbocycles. The van der Waals surface area contributed by atoms with Crippen molar-refractivity contribution in [1.29, 1.82) is 0 Å². The molecule has 0 fully saturated rings. The average molecular weight is 391 g/mol. The Kier molecular flexibility index (Phi) is 6.44. The first-order chi connectivity index (χ1) is 14.0. The number of rotatable bonds is 7. The lowest BCUT2D eigenvalue weighted by Crippen LogP contribution is -2.32. The molecule has 0 unspecified atom stereocenters. The highest BCUT2D eigenvalue weighted by Gasteiger charge is 2.13. The summed E-state index contributed by atoms with van der Waals surface area (Å²) >= 11 is 0. The van der Waals surface area contributed by atoms with Crippen LogP contribution in [0.1, 0.15) is 29.3 Å². The van der Waals surface area contributed by atoms with E-state index in [1.54, 1.807) is 13.2 Å². The lowest BCUT2D eigenvalue weighted by molar-refractivity contribution is -0.117. The van der Waals surface area contributed by atoms with Gasteiger partial charge >= 0.3 is 0 Å². The Hall–Kier alpha value is -3.41. The SMILES string of the molecule is CCc1ccc(NC(=O)Cn2nc(C)cc(Cc3ccccc3OC)c2=O)cc1. The van der Waals surface area contributed by atoms with Gasteiger partial charge in [-0.05, 0) is 48.7 Å². The van der Waals surface area contributed by atoms with Crippen molar-refractivity contribution in [2.24, 2.45) is 0 Å². The summed E-state index contributed by atoms with van der Waals surface area (Å²) in [7, 11) is 1.60. The first kappa shape index (κ1) is 20.3. The third-order valence-electron chi connectivity index (χ3n) is 4.68. The molecule has 0 aliphatic carbocycles. The predicted molar refractivity (Wildman–Crippen MR) is 113 cm³/mol. The van der Waals surface area contributed by atoms with Gasteiger partial charge in [0.1, 0.15) is 12.3 Å². The van der Waals surface area contributed by atoms with Gasteiger partial charge in [0.25, 0.3) is 5.56 Å². The van der Waals surface area contributed by atoms with Crippen molar-refractivity contribution in [3.05, 3.63) is 87.3 Å².